The van der Waals surface area contributed by atoms with Gasteiger partial charge in [-0.05, 0) is 59.0 Å². The molecule has 0 aliphatic heterocycles. The van der Waals surface area contributed by atoms with E-state index in [0.717, 1.165) is 57.8 Å². The Morgan fingerprint density at radius 1 is 0.525 bits per heavy atom. The van der Waals surface area contributed by atoms with Crippen molar-refractivity contribution in [3.8, 4) is 0 Å². The molecule has 0 aliphatic carbocycles. The van der Waals surface area contributed by atoms with Gasteiger partial charge in [-0.3, -0.25) is 18.6 Å². The molecule has 0 saturated carbocycles. The molecule has 0 spiro atoms. The molecule has 348 valence electrons. The second-order valence-corrected chi connectivity index (χ2v) is 18.5. The van der Waals surface area contributed by atoms with Gasteiger partial charge in [-0.1, -0.05) is 199 Å². The van der Waals surface area contributed by atoms with Crippen LogP contribution in [0.1, 0.15) is 232 Å². The summed E-state index contributed by atoms with van der Waals surface area (Å²) in [5, 5.41) is 0. The van der Waals surface area contributed by atoms with Gasteiger partial charge in [0.15, 0.2) is 6.10 Å². The third kappa shape index (κ3) is 45.8. The number of esters is 2. The number of hydrogen-bond acceptors (Lipinski definition) is 8. The zero-order chi connectivity index (χ0) is 43.3. The first kappa shape index (κ1) is 57.5. The zero-order valence-electron chi connectivity index (χ0n) is 39.0. The fraction of sp³-hybridized carbons (Fsp3) is 0.878. The van der Waals surface area contributed by atoms with E-state index >= 15 is 0 Å². The van der Waals surface area contributed by atoms with E-state index in [4.69, 9.17) is 18.5 Å². The molecular formula is C49H94NO8P. The van der Waals surface area contributed by atoms with Gasteiger partial charge in [0.25, 0.3) is 0 Å². The molecule has 0 aromatic heterocycles. The molecular weight excluding hydrogens is 762 g/mol. The highest BCUT2D eigenvalue weighted by Crippen LogP contribution is 2.43. The largest absolute Gasteiger partial charge is 0.472 e. The number of phosphoric ester groups is 1. The Labute approximate surface area is 364 Å². The van der Waals surface area contributed by atoms with Crippen LogP contribution < -0.4 is 0 Å². The van der Waals surface area contributed by atoms with Crippen molar-refractivity contribution in [3.63, 3.8) is 0 Å². The summed E-state index contributed by atoms with van der Waals surface area (Å²) in [7, 11) is -0.713. The Kier molecular flexibility index (Phi) is 43.4. The lowest BCUT2D eigenvalue weighted by Gasteiger charge is -2.20. The first-order chi connectivity index (χ1) is 28.7. The van der Waals surface area contributed by atoms with E-state index in [1.807, 2.05) is 19.0 Å². The van der Waals surface area contributed by atoms with Gasteiger partial charge in [-0.2, -0.15) is 0 Å². The van der Waals surface area contributed by atoms with E-state index in [1.165, 1.54) is 141 Å². The predicted octanol–water partition coefficient (Wildman–Crippen LogP) is 14.6. The summed E-state index contributed by atoms with van der Waals surface area (Å²) in [5.41, 5.74) is 0. The quantitative estimate of drug-likeness (QED) is 0.0277. The summed E-state index contributed by atoms with van der Waals surface area (Å²) < 4.78 is 33.6. The lowest BCUT2D eigenvalue weighted by Crippen LogP contribution is -2.29. The number of hydrogen-bond donors (Lipinski definition) is 1. The molecule has 0 amide bonds. The summed E-state index contributed by atoms with van der Waals surface area (Å²) in [4.78, 5) is 37.1. The molecule has 9 nitrogen and oxygen atoms in total. The van der Waals surface area contributed by atoms with Gasteiger partial charge in [0.1, 0.15) is 6.61 Å². The Morgan fingerprint density at radius 2 is 0.915 bits per heavy atom. The second-order valence-electron chi connectivity index (χ2n) is 17.0. The summed E-state index contributed by atoms with van der Waals surface area (Å²) >= 11 is 0. The van der Waals surface area contributed by atoms with Crippen LogP contribution in [0.3, 0.4) is 0 Å². The van der Waals surface area contributed by atoms with Crippen molar-refractivity contribution < 1.29 is 37.6 Å². The van der Waals surface area contributed by atoms with Crippen LogP contribution >= 0.6 is 7.82 Å². The van der Waals surface area contributed by atoms with E-state index in [9.17, 15) is 19.0 Å². The molecule has 2 atom stereocenters. The highest BCUT2D eigenvalue weighted by atomic mass is 31.2. The topological polar surface area (TPSA) is 112 Å². The van der Waals surface area contributed by atoms with E-state index in [1.54, 1.807) is 0 Å². The highest BCUT2D eigenvalue weighted by molar-refractivity contribution is 7.47. The van der Waals surface area contributed by atoms with E-state index < -0.39 is 26.5 Å². The zero-order valence-corrected chi connectivity index (χ0v) is 39.9. The van der Waals surface area contributed by atoms with Gasteiger partial charge in [0, 0.05) is 19.4 Å². The number of nitrogens with zero attached hydrogens (tertiary/aromatic N) is 1. The number of carbonyl (C=O) groups excluding carboxylic acids is 2. The number of rotatable bonds is 46. The maximum atomic E-state index is 12.7. The minimum absolute atomic E-state index is 0.00650. The van der Waals surface area contributed by atoms with Crippen LogP contribution in [0.15, 0.2) is 24.3 Å². The van der Waals surface area contributed by atoms with Crippen LogP contribution in [-0.2, 0) is 32.7 Å². The van der Waals surface area contributed by atoms with Gasteiger partial charge in [0.2, 0.25) is 0 Å². The molecule has 1 N–H and O–H groups in total. The number of phosphoric acid groups is 1. The van der Waals surface area contributed by atoms with Crippen LogP contribution in [-0.4, -0.2) is 68.3 Å². The molecule has 0 aliphatic rings. The monoisotopic (exact) mass is 856 g/mol. The van der Waals surface area contributed by atoms with Gasteiger partial charge in [0.05, 0.1) is 13.2 Å². The Morgan fingerprint density at radius 3 is 1.37 bits per heavy atom. The summed E-state index contributed by atoms with van der Waals surface area (Å²) in [6.45, 7) is 4.32. The van der Waals surface area contributed by atoms with Gasteiger partial charge in [-0.25, -0.2) is 4.57 Å². The molecule has 0 bridgehead atoms. The van der Waals surface area contributed by atoms with Gasteiger partial charge >= 0.3 is 19.8 Å². The third-order valence-corrected chi connectivity index (χ3v) is 11.7. The molecule has 0 aromatic rings. The fourth-order valence-corrected chi connectivity index (χ4v) is 7.70. The normalized spacial score (nSPS) is 13.5. The van der Waals surface area contributed by atoms with Crippen molar-refractivity contribution in [2.45, 2.75) is 238 Å². The molecule has 2 unspecified atom stereocenters. The standard InChI is InChI=1S/C49H94NO8P/c1-5-7-9-11-13-15-17-19-21-22-23-24-25-26-28-29-31-33-35-37-39-41-48(51)55-45-47(46-57-59(53,54)56-44-43-50(3)4)58-49(52)42-40-38-36-34-32-30-27-20-18-16-14-12-10-8-6-2/h14,16,20,27,47H,5-13,15,17-19,21-26,28-46H2,1-4H3,(H,53,54)/b16-14-,27-20-. The second kappa shape index (κ2) is 44.5. The Bertz CT molecular complexity index is 1040. The first-order valence-corrected chi connectivity index (χ1v) is 26.1. The predicted molar refractivity (Wildman–Crippen MR) is 248 cm³/mol. The van der Waals surface area contributed by atoms with Crippen molar-refractivity contribution in [2.75, 3.05) is 40.5 Å². The Balaban J connectivity index is 4.16. The lowest BCUT2D eigenvalue weighted by molar-refractivity contribution is -0.161. The van der Waals surface area contributed by atoms with Crippen LogP contribution in [0.25, 0.3) is 0 Å². The Hall–Kier alpha value is -1.51. The van der Waals surface area contributed by atoms with Crippen LogP contribution in [0.5, 0.6) is 0 Å². The fourth-order valence-electron chi connectivity index (χ4n) is 6.95. The summed E-state index contributed by atoms with van der Waals surface area (Å²) in [5.74, 6) is -0.807. The number of unbranched alkanes of at least 4 members (excludes halogenated alkanes) is 28. The van der Waals surface area contributed by atoms with Crippen LogP contribution in [0, 0.1) is 0 Å². The first-order valence-electron chi connectivity index (χ1n) is 24.6. The minimum atomic E-state index is -4.37. The number of allylic oxidation sites excluding steroid dienone is 4. The number of likely N-dealkylation sites (N-methyl/N-ethyl adjacent to an activating group) is 1. The van der Waals surface area contributed by atoms with Crippen molar-refractivity contribution in [1.82, 2.24) is 4.90 Å². The summed E-state index contributed by atoms with van der Waals surface area (Å²) in [6.07, 6.45) is 48.0. The van der Waals surface area contributed by atoms with Crippen LogP contribution in [0.2, 0.25) is 0 Å². The molecule has 0 rings (SSSR count). The van der Waals surface area contributed by atoms with Gasteiger partial charge < -0.3 is 19.3 Å². The van der Waals surface area contributed by atoms with Crippen molar-refractivity contribution >= 4 is 19.8 Å². The smallest absolute Gasteiger partial charge is 0.462 e. The van der Waals surface area contributed by atoms with Crippen molar-refractivity contribution in [3.05, 3.63) is 24.3 Å². The highest BCUT2D eigenvalue weighted by Gasteiger charge is 2.26. The lowest BCUT2D eigenvalue weighted by atomic mass is 10.0. The number of carbonyl (C=O) groups is 2. The maximum Gasteiger partial charge on any atom is 0.472 e. The molecule has 59 heavy (non-hydrogen) atoms. The summed E-state index contributed by atoms with van der Waals surface area (Å²) in [6, 6.07) is 0. The third-order valence-electron chi connectivity index (χ3n) is 10.8. The average Bonchev–Trinajstić information content (AvgIpc) is 3.20. The van der Waals surface area contributed by atoms with Crippen LogP contribution in [0.4, 0.5) is 0 Å². The molecule has 0 heterocycles. The van der Waals surface area contributed by atoms with E-state index in [2.05, 4.69) is 38.2 Å². The molecule has 0 radical (unpaired) electrons. The molecule has 10 heteroatoms. The average molecular weight is 856 g/mol. The molecule has 0 saturated heterocycles. The van der Waals surface area contributed by atoms with E-state index in [-0.39, 0.29) is 25.6 Å². The van der Waals surface area contributed by atoms with E-state index in [0.29, 0.717) is 19.4 Å². The van der Waals surface area contributed by atoms with Crippen molar-refractivity contribution in [1.29, 1.82) is 0 Å². The minimum Gasteiger partial charge on any atom is -0.462 e. The number of ether oxygens (including phenoxy) is 2. The maximum absolute atomic E-state index is 12.7. The van der Waals surface area contributed by atoms with Crippen molar-refractivity contribution in [2.24, 2.45) is 0 Å². The SMILES string of the molecule is CCCCC/C=C\C/C=C\CCCCCCCC(=O)OC(COC(=O)CCCCCCCCCCCCCCCCCCCCCCC)COP(=O)(O)OCCN(C)C. The van der Waals surface area contributed by atoms with Gasteiger partial charge in [-0.15, -0.1) is 0 Å². The molecule has 0 aromatic carbocycles. The molecule has 0 fully saturated rings.